The Hall–Kier alpha value is -2.30. The van der Waals surface area contributed by atoms with E-state index >= 15 is 0 Å². The van der Waals surface area contributed by atoms with E-state index in [0.717, 1.165) is 24.3 Å². The second-order valence-electron chi connectivity index (χ2n) is 6.08. The van der Waals surface area contributed by atoms with Crippen molar-refractivity contribution in [3.8, 4) is 0 Å². The van der Waals surface area contributed by atoms with E-state index < -0.39 is 45.9 Å². The van der Waals surface area contributed by atoms with E-state index in [2.05, 4.69) is 0 Å². The highest BCUT2D eigenvalue weighted by atomic mass is 127. The Bertz CT molecular complexity index is 1050. The topological polar surface area (TPSA) is 86.5 Å². The molecule has 0 aromatic heterocycles. The summed E-state index contributed by atoms with van der Waals surface area (Å²) in [5.74, 6) is 0. The van der Waals surface area contributed by atoms with Gasteiger partial charge in [0.2, 0.25) is 0 Å². The van der Waals surface area contributed by atoms with Crippen molar-refractivity contribution >= 4 is 15.8 Å². The average molecular weight is 511 g/mol. The lowest BCUT2D eigenvalue weighted by atomic mass is 10.2. The summed E-state index contributed by atoms with van der Waals surface area (Å²) >= 11 is -2.87. The molecule has 0 atom stereocenters. The van der Waals surface area contributed by atoms with Gasteiger partial charge in [-0.15, -0.1) is 0 Å². The average Bonchev–Trinajstić information content (AvgIpc) is 2.68. The Labute approximate surface area is 171 Å². The van der Waals surface area contributed by atoms with Gasteiger partial charge >= 0.3 is 30.4 Å². The Kier molecular flexibility index (Phi) is 6.11. The molecule has 145 valence electrons. The molecule has 0 N–H and O–H groups in total. The monoisotopic (exact) mass is 511 g/mol. The first-order valence-electron chi connectivity index (χ1n) is 8.30. The number of nitro groups is 1. The minimum Gasteiger partial charge on any atom is -0.258 e. The first kappa shape index (κ1) is 20.4. The molecule has 28 heavy (non-hydrogen) atoms. The molecule has 0 saturated heterocycles. The molecule has 1 radical (unpaired) electrons. The number of benzene rings is 3. The molecule has 3 aromatic carbocycles. The van der Waals surface area contributed by atoms with E-state index in [1.807, 2.05) is 62.4 Å². The highest BCUT2D eigenvalue weighted by molar-refractivity contribution is 7.86. The third kappa shape index (κ3) is 4.57. The number of hydrogen-bond acceptors (Lipinski definition) is 5. The summed E-state index contributed by atoms with van der Waals surface area (Å²) in [6.45, 7) is 3.89. The highest BCUT2D eigenvalue weighted by Gasteiger charge is 2.40. The van der Waals surface area contributed by atoms with Gasteiger partial charge in [0.15, 0.2) is 12.0 Å². The van der Waals surface area contributed by atoms with Crippen molar-refractivity contribution in [3.63, 3.8) is 0 Å². The number of rotatable bonds is 6. The molecule has 3 rings (SSSR count). The fourth-order valence-corrected chi connectivity index (χ4v) is 9.45. The number of para-hydroxylation sites is 1. The maximum absolute atomic E-state index is 13.0. The number of nitro benzene ring substituents is 1. The lowest BCUT2D eigenvalue weighted by Gasteiger charge is -2.07. The summed E-state index contributed by atoms with van der Waals surface area (Å²) in [5, 5.41) is 11.3. The molecule has 0 aliphatic heterocycles. The van der Waals surface area contributed by atoms with Gasteiger partial charge in [-0.2, -0.15) is 8.42 Å². The third-order valence-corrected chi connectivity index (χ3v) is 11.3. The molecule has 0 bridgehead atoms. The second-order valence-corrected chi connectivity index (χ2v) is 12.5. The Morgan fingerprint density at radius 1 is 0.821 bits per heavy atom. The number of hydrogen-bond donors (Lipinski definition) is 0. The fourth-order valence-electron chi connectivity index (χ4n) is 2.43. The van der Waals surface area contributed by atoms with E-state index in [1.165, 1.54) is 18.2 Å². The summed E-state index contributed by atoms with van der Waals surface area (Å²) in [7, 11) is -4.32. The van der Waals surface area contributed by atoms with Crippen LogP contribution in [0.3, 0.4) is 0 Å². The highest BCUT2D eigenvalue weighted by Crippen LogP contribution is 2.23. The Morgan fingerprint density at radius 3 is 1.75 bits per heavy atom. The summed E-state index contributed by atoms with van der Waals surface area (Å²) < 4.78 is 33.2. The number of halogens is 1. The standard InChI is InChI=1S/C20H18INO5S/c1-15-7-11-17(12-8-15)21(18-13-9-16(2)10-14-18)27-28(25,26)20-6-4-3-5-19(20)22(23)24/h3-14H,1-2H3/q+1. The van der Waals surface area contributed by atoms with Crippen LogP contribution in [-0.2, 0) is 12.6 Å². The summed E-state index contributed by atoms with van der Waals surface area (Å²) in [6.07, 6.45) is 0. The predicted octanol–water partition coefficient (Wildman–Crippen LogP) is 1.20. The number of aryl methyl sites for hydroxylation is 2. The van der Waals surface area contributed by atoms with Crippen LogP contribution in [0, 0.1) is 31.1 Å². The van der Waals surface area contributed by atoms with Gasteiger partial charge in [-0.3, -0.25) is 10.1 Å². The van der Waals surface area contributed by atoms with Gasteiger partial charge in [0.05, 0.1) is 4.92 Å². The summed E-state index contributed by atoms with van der Waals surface area (Å²) in [4.78, 5) is 10.1. The van der Waals surface area contributed by atoms with E-state index in [0.29, 0.717) is 0 Å². The van der Waals surface area contributed by atoms with Crippen molar-refractivity contribution in [2.45, 2.75) is 18.7 Å². The maximum atomic E-state index is 13.0. The second kappa shape index (κ2) is 8.38. The van der Waals surface area contributed by atoms with Gasteiger partial charge in [-0.25, -0.2) is 0 Å². The van der Waals surface area contributed by atoms with Crippen LogP contribution in [0.5, 0.6) is 0 Å². The van der Waals surface area contributed by atoms with Crippen LogP contribution in [-0.4, -0.2) is 13.3 Å². The van der Waals surface area contributed by atoms with Crippen molar-refractivity contribution in [2.75, 3.05) is 0 Å². The minimum absolute atomic E-state index is 0.429. The molecular weight excluding hydrogens is 493 g/mol. The van der Waals surface area contributed by atoms with Crippen LogP contribution in [0.1, 0.15) is 11.1 Å². The molecular formula is C20H18INO5S+. The van der Waals surface area contributed by atoms with Gasteiger partial charge in [0, 0.05) is 6.07 Å². The van der Waals surface area contributed by atoms with E-state index in [9.17, 15) is 18.5 Å². The number of nitrogens with zero attached hydrogens (tertiary/aromatic N) is 1. The Balaban J connectivity index is 2.08. The zero-order chi connectivity index (χ0) is 20.3. The smallest absolute Gasteiger partial charge is 0.258 e. The van der Waals surface area contributed by atoms with Crippen molar-refractivity contribution in [1.82, 2.24) is 0 Å². The normalized spacial score (nSPS) is 11.5. The van der Waals surface area contributed by atoms with Crippen LogP contribution < -0.4 is 20.2 Å². The van der Waals surface area contributed by atoms with Gasteiger partial charge in [-0.1, -0.05) is 47.5 Å². The molecule has 0 unspecified atom stereocenters. The molecule has 0 fully saturated rings. The third-order valence-electron chi connectivity index (χ3n) is 3.90. The molecule has 3 aromatic rings. The molecule has 0 aliphatic carbocycles. The zero-order valence-electron chi connectivity index (χ0n) is 15.2. The van der Waals surface area contributed by atoms with Gasteiger partial charge in [0.25, 0.3) is 5.69 Å². The largest absolute Gasteiger partial charge is 0.342 e. The molecule has 6 nitrogen and oxygen atoms in total. The maximum Gasteiger partial charge on any atom is 0.342 e. The summed E-state index contributed by atoms with van der Waals surface area (Å²) in [5.41, 5.74) is 1.60. The molecule has 0 saturated carbocycles. The van der Waals surface area contributed by atoms with Crippen LogP contribution in [0.2, 0.25) is 0 Å². The fraction of sp³-hybridized carbons (Fsp3) is 0.100. The molecule has 0 spiro atoms. The zero-order valence-corrected chi connectivity index (χ0v) is 18.2. The van der Waals surface area contributed by atoms with Crippen LogP contribution in [0.25, 0.3) is 0 Å². The van der Waals surface area contributed by atoms with Crippen LogP contribution in [0.4, 0.5) is 5.69 Å². The molecule has 0 amide bonds. The lowest BCUT2D eigenvalue weighted by molar-refractivity contribution is -1.03. The minimum atomic E-state index is -4.32. The SMILES string of the molecule is Cc1ccc([I+](OS(=O)(=O)c2ccccc2[N+](=O)[O-])c2ccc(C)cc2)cc1. The lowest BCUT2D eigenvalue weighted by Crippen LogP contribution is -3.85. The first-order valence-corrected chi connectivity index (χ1v) is 12.7. The molecule has 0 heterocycles. The predicted molar refractivity (Wildman–Crippen MR) is 101 cm³/mol. The first-order chi connectivity index (χ1) is 13.3. The van der Waals surface area contributed by atoms with Crippen LogP contribution >= 0.6 is 0 Å². The van der Waals surface area contributed by atoms with Gasteiger partial charge in [0.1, 0.15) is 0 Å². The Morgan fingerprint density at radius 2 is 1.29 bits per heavy atom. The summed E-state index contributed by atoms with van der Waals surface area (Å²) in [6, 6.07) is 20.2. The quantitative estimate of drug-likeness (QED) is 0.282. The van der Waals surface area contributed by atoms with E-state index in [1.54, 1.807) is 0 Å². The van der Waals surface area contributed by atoms with Crippen molar-refractivity contribution < 1.29 is 36.1 Å². The van der Waals surface area contributed by atoms with Crippen molar-refractivity contribution in [1.29, 1.82) is 0 Å². The molecule has 0 aliphatic rings. The van der Waals surface area contributed by atoms with E-state index in [-0.39, 0.29) is 0 Å². The molecule has 8 heteroatoms. The van der Waals surface area contributed by atoms with E-state index in [4.69, 9.17) is 2.51 Å². The van der Waals surface area contributed by atoms with Crippen molar-refractivity contribution in [2.24, 2.45) is 0 Å². The van der Waals surface area contributed by atoms with Gasteiger partial charge in [-0.05, 0) is 46.7 Å². The van der Waals surface area contributed by atoms with Gasteiger partial charge < -0.3 is 0 Å². The van der Waals surface area contributed by atoms with Crippen molar-refractivity contribution in [3.05, 3.63) is 101 Å². The van der Waals surface area contributed by atoms with Crippen LogP contribution in [0.15, 0.2) is 77.7 Å².